The van der Waals surface area contributed by atoms with E-state index in [9.17, 15) is 14.4 Å². The van der Waals surface area contributed by atoms with Gasteiger partial charge >= 0.3 is 12.0 Å². The van der Waals surface area contributed by atoms with Crippen LogP contribution in [-0.2, 0) is 14.3 Å². The molecule has 7 heteroatoms. The molecular formula is C19H26N2O5. The van der Waals surface area contributed by atoms with Crippen LogP contribution in [0.1, 0.15) is 44.9 Å². The molecule has 0 spiro atoms. The van der Waals surface area contributed by atoms with E-state index in [0.29, 0.717) is 13.0 Å². The van der Waals surface area contributed by atoms with Crippen LogP contribution in [-0.4, -0.2) is 37.2 Å². The quantitative estimate of drug-likeness (QED) is 0.547. The van der Waals surface area contributed by atoms with Gasteiger partial charge in [0.2, 0.25) is 0 Å². The lowest BCUT2D eigenvalue weighted by Crippen LogP contribution is -2.46. The molecule has 0 unspecified atom stereocenters. The summed E-state index contributed by atoms with van der Waals surface area (Å²) < 4.78 is 10.3. The number of carbonyl (C=O) groups excluding carboxylic acids is 3. The van der Waals surface area contributed by atoms with Gasteiger partial charge < -0.3 is 14.8 Å². The maximum absolute atomic E-state index is 11.7. The van der Waals surface area contributed by atoms with Gasteiger partial charge in [0.25, 0.3) is 5.91 Å². The van der Waals surface area contributed by atoms with Gasteiger partial charge in [-0.15, -0.1) is 0 Å². The third-order valence-corrected chi connectivity index (χ3v) is 4.09. The van der Waals surface area contributed by atoms with Gasteiger partial charge in [-0.3, -0.25) is 14.9 Å². The molecule has 0 radical (unpaired) electrons. The van der Waals surface area contributed by atoms with Crippen LogP contribution in [0.2, 0.25) is 0 Å². The van der Waals surface area contributed by atoms with E-state index in [1.165, 1.54) is 6.42 Å². The van der Waals surface area contributed by atoms with E-state index in [1.54, 1.807) is 0 Å². The Morgan fingerprint density at radius 2 is 1.77 bits per heavy atom. The summed E-state index contributed by atoms with van der Waals surface area (Å²) >= 11 is 0. The van der Waals surface area contributed by atoms with Gasteiger partial charge in [0, 0.05) is 12.5 Å². The second kappa shape index (κ2) is 11.1. The molecule has 1 aliphatic carbocycles. The number of imide groups is 1. The standard InChI is InChI=1S/C19H26N2O5/c22-17(21-19(24)20-15-8-3-1-4-9-15)14-26-18(23)12-7-13-25-16-10-5-2-6-11-16/h2,5-6,10-11,15H,1,3-4,7-9,12-14H2,(H2,20,21,22,24). The number of rotatable bonds is 8. The first kappa shape index (κ1) is 19.8. The normalized spacial score (nSPS) is 14.3. The van der Waals surface area contributed by atoms with Crippen LogP contribution in [0, 0.1) is 0 Å². The van der Waals surface area contributed by atoms with Crippen molar-refractivity contribution < 1.29 is 23.9 Å². The van der Waals surface area contributed by atoms with E-state index in [0.717, 1.165) is 31.4 Å². The molecule has 26 heavy (non-hydrogen) atoms. The van der Waals surface area contributed by atoms with Crippen molar-refractivity contribution in [2.75, 3.05) is 13.2 Å². The molecule has 0 saturated heterocycles. The van der Waals surface area contributed by atoms with Crippen molar-refractivity contribution in [1.29, 1.82) is 0 Å². The number of hydrogen-bond donors (Lipinski definition) is 2. The monoisotopic (exact) mass is 362 g/mol. The Bertz CT molecular complexity index is 585. The molecule has 0 bridgehead atoms. The lowest BCUT2D eigenvalue weighted by atomic mass is 9.96. The fourth-order valence-corrected chi connectivity index (χ4v) is 2.77. The summed E-state index contributed by atoms with van der Waals surface area (Å²) in [6, 6.07) is 8.88. The van der Waals surface area contributed by atoms with Crippen molar-refractivity contribution in [3.63, 3.8) is 0 Å². The summed E-state index contributed by atoms with van der Waals surface area (Å²) in [6.07, 6.45) is 5.86. The Morgan fingerprint density at radius 1 is 1.04 bits per heavy atom. The lowest BCUT2D eigenvalue weighted by molar-refractivity contribution is -0.148. The van der Waals surface area contributed by atoms with Crippen LogP contribution < -0.4 is 15.4 Å². The zero-order chi connectivity index (χ0) is 18.6. The highest BCUT2D eigenvalue weighted by atomic mass is 16.5. The van der Waals surface area contributed by atoms with E-state index in [4.69, 9.17) is 9.47 Å². The molecule has 0 aromatic heterocycles. The van der Waals surface area contributed by atoms with E-state index in [-0.39, 0.29) is 12.5 Å². The molecule has 0 atom stereocenters. The largest absolute Gasteiger partial charge is 0.494 e. The van der Waals surface area contributed by atoms with Gasteiger partial charge in [0.1, 0.15) is 5.75 Å². The molecule has 7 nitrogen and oxygen atoms in total. The molecule has 1 aromatic carbocycles. The highest BCUT2D eigenvalue weighted by Gasteiger charge is 2.17. The van der Waals surface area contributed by atoms with E-state index in [1.807, 2.05) is 30.3 Å². The van der Waals surface area contributed by atoms with Crippen molar-refractivity contribution in [2.45, 2.75) is 51.0 Å². The second-order valence-corrected chi connectivity index (χ2v) is 6.28. The molecule has 1 fully saturated rings. The smallest absolute Gasteiger partial charge is 0.321 e. The summed E-state index contributed by atoms with van der Waals surface area (Å²) in [7, 11) is 0. The van der Waals surface area contributed by atoms with Crippen LogP contribution in [0.3, 0.4) is 0 Å². The number of amides is 3. The van der Waals surface area contributed by atoms with Crippen LogP contribution >= 0.6 is 0 Å². The Labute approximate surface area is 153 Å². The summed E-state index contributed by atoms with van der Waals surface area (Å²) in [5.74, 6) is -0.388. The van der Waals surface area contributed by atoms with Crippen LogP contribution in [0.15, 0.2) is 30.3 Å². The van der Waals surface area contributed by atoms with Gasteiger partial charge in [-0.05, 0) is 31.4 Å². The van der Waals surface area contributed by atoms with Crippen molar-refractivity contribution in [1.82, 2.24) is 10.6 Å². The Hall–Kier alpha value is -2.57. The van der Waals surface area contributed by atoms with Crippen LogP contribution in [0.4, 0.5) is 4.79 Å². The first-order valence-electron chi connectivity index (χ1n) is 9.07. The fraction of sp³-hybridized carbons (Fsp3) is 0.526. The van der Waals surface area contributed by atoms with Gasteiger partial charge in [-0.25, -0.2) is 4.79 Å². The first-order valence-corrected chi connectivity index (χ1v) is 9.07. The van der Waals surface area contributed by atoms with E-state index < -0.39 is 24.5 Å². The predicted octanol–water partition coefficient (Wildman–Crippen LogP) is 2.55. The minimum absolute atomic E-state index is 0.115. The van der Waals surface area contributed by atoms with Crippen molar-refractivity contribution in [3.05, 3.63) is 30.3 Å². The third kappa shape index (κ3) is 8.00. The molecule has 142 valence electrons. The highest BCUT2D eigenvalue weighted by Crippen LogP contribution is 2.17. The number of hydrogen-bond acceptors (Lipinski definition) is 5. The SMILES string of the molecule is O=C(COC(=O)CCCOc1ccccc1)NC(=O)NC1CCCCC1. The van der Waals surface area contributed by atoms with Crippen molar-refractivity contribution >= 4 is 17.9 Å². The minimum Gasteiger partial charge on any atom is -0.494 e. The molecule has 0 heterocycles. The summed E-state index contributed by atoms with van der Waals surface area (Å²) in [4.78, 5) is 35.0. The number of urea groups is 1. The van der Waals surface area contributed by atoms with E-state index in [2.05, 4.69) is 10.6 Å². The number of nitrogens with one attached hydrogen (secondary N) is 2. The Morgan fingerprint density at radius 3 is 2.50 bits per heavy atom. The lowest BCUT2D eigenvalue weighted by Gasteiger charge is -2.22. The summed E-state index contributed by atoms with van der Waals surface area (Å²) in [5, 5.41) is 4.95. The Balaban J connectivity index is 1.52. The fourth-order valence-electron chi connectivity index (χ4n) is 2.77. The Kier molecular flexibility index (Phi) is 8.45. The molecule has 1 saturated carbocycles. The number of esters is 1. The average Bonchev–Trinajstić information content (AvgIpc) is 2.65. The van der Waals surface area contributed by atoms with Gasteiger partial charge in [-0.2, -0.15) is 0 Å². The van der Waals surface area contributed by atoms with Crippen LogP contribution in [0.5, 0.6) is 5.75 Å². The summed E-state index contributed by atoms with van der Waals surface area (Å²) in [5.41, 5.74) is 0. The average molecular weight is 362 g/mol. The number of benzene rings is 1. The maximum Gasteiger partial charge on any atom is 0.321 e. The second-order valence-electron chi connectivity index (χ2n) is 6.28. The molecule has 0 aliphatic heterocycles. The zero-order valence-corrected chi connectivity index (χ0v) is 14.9. The van der Waals surface area contributed by atoms with Crippen molar-refractivity contribution in [3.8, 4) is 5.75 Å². The zero-order valence-electron chi connectivity index (χ0n) is 14.9. The van der Waals surface area contributed by atoms with Crippen LogP contribution in [0.25, 0.3) is 0 Å². The topological polar surface area (TPSA) is 93.7 Å². The molecule has 2 rings (SSSR count). The third-order valence-electron chi connectivity index (χ3n) is 4.09. The number of ether oxygens (including phenoxy) is 2. The van der Waals surface area contributed by atoms with E-state index >= 15 is 0 Å². The van der Waals surface area contributed by atoms with Gasteiger partial charge in [-0.1, -0.05) is 37.5 Å². The van der Waals surface area contributed by atoms with Crippen molar-refractivity contribution in [2.24, 2.45) is 0 Å². The summed E-state index contributed by atoms with van der Waals surface area (Å²) in [6.45, 7) is -0.0778. The predicted molar refractivity (Wildman–Crippen MR) is 95.7 cm³/mol. The molecule has 3 amide bonds. The molecular weight excluding hydrogens is 336 g/mol. The molecule has 1 aliphatic rings. The number of para-hydroxylation sites is 1. The molecule has 1 aromatic rings. The first-order chi connectivity index (χ1) is 12.6. The highest BCUT2D eigenvalue weighted by molar-refractivity contribution is 5.95. The maximum atomic E-state index is 11.7. The van der Waals surface area contributed by atoms with Gasteiger partial charge in [0.15, 0.2) is 6.61 Å². The number of carbonyl (C=O) groups is 3. The van der Waals surface area contributed by atoms with Gasteiger partial charge in [0.05, 0.1) is 6.61 Å². The minimum atomic E-state index is -0.632. The molecule has 2 N–H and O–H groups in total.